The van der Waals surface area contributed by atoms with Gasteiger partial charge >= 0.3 is 0 Å². The first-order valence-electron chi connectivity index (χ1n) is 6.65. The first-order valence-corrected chi connectivity index (χ1v) is 6.65. The minimum Gasteiger partial charge on any atom is -0.377 e. The van der Waals surface area contributed by atoms with Crippen LogP contribution in [0.15, 0.2) is 6.07 Å². The number of ether oxygens (including phenoxy) is 1. The third-order valence-corrected chi connectivity index (χ3v) is 2.95. The number of anilines is 2. The molecule has 1 atom stereocenters. The first kappa shape index (κ1) is 13.1. The molecule has 5 nitrogen and oxygen atoms in total. The maximum atomic E-state index is 5.66. The summed E-state index contributed by atoms with van der Waals surface area (Å²) < 4.78 is 5.66. The predicted octanol–water partition coefficient (Wildman–Crippen LogP) is 1.83. The molecule has 0 aromatic carbocycles. The molecule has 5 heteroatoms. The van der Waals surface area contributed by atoms with Crippen LogP contribution in [0.5, 0.6) is 0 Å². The van der Waals surface area contributed by atoms with E-state index in [2.05, 4.69) is 27.1 Å². The first-order chi connectivity index (χ1) is 8.69. The number of hydrogen-bond donors (Lipinski definition) is 1. The zero-order valence-electron chi connectivity index (χ0n) is 11.4. The fraction of sp³-hybridized carbons (Fsp3) is 0.692. The molecule has 0 bridgehead atoms. The van der Waals surface area contributed by atoms with Crippen molar-refractivity contribution < 1.29 is 4.74 Å². The van der Waals surface area contributed by atoms with Gasteiger partial charge in [-0.3, -0.25) is 0 Å². The van der Waals surface area contributed by atoms with Gasteiger partial charge in [0.05, 0.1) is 6.10 Å². The summed E-state index contributed by atoms with van der Waals surface area (Å²) in [6.45, 7) is 9.72. The molecule has 2 rings (SSSR count). The summed E-state index contributed by atoms with van der Waals surface area (Å²) in [5.41, 5.74) is 0.994. The largest absolute Gasteiger partial charge is 0.377 e. The molecule has 1 unspecified atom stereocenters. The van der Waals surface area contributed by atoms with E-state index in [1.165, 1.54) is 0 Å². The fourth-order valence-corrected chi connectivity index (χ4v) is 2.15. The monoisotopic (exact) mass is 250 g/mol. The van der Waals surface area contributed by atoms with Crippen LogP contribution in [0, 0.1) is 6.92 Å². The molecular formula is C13H22N4O. The average molecular weight is 250 g/mol. The van der Waals surface area contributed by atoms with Crippen LogP contribution in [0.1, 0.15) is 26.0 Å². The number of aryl methyl sites for hydroxylation is 1. The number of hydrogen-bond acceptors (Lipinski definition) is 5. The molecule has 2 heterocycles. The van der Waals surface area contributed by atoms with E-state index in [9.17, 15) is 0 Å². The minimum atomic E-state index is 0.255. The average Bonchev–Trinajstić information content (AvgIpc) is 2.53. The lowest BCUT2D eigenvalue weighted by Gasteiger charge is -2.23. The Morgan fingerprint density at radius 1 is 1.50 bits per heavy atom. The van der Waals surface area contributed by atoms with Crippen molar-refractivity contribution >= 4 is 11.8 Å². The van der Waals surface area contributed by atoms with Crippen molar-refractivity contribution in [3.05, 3.63) is 11.8 Å². The minimum absolute atomic E-state index is 0.255. The molecule has 1 saturated heterocycles. The van der Waals surface area contributed by atoms with Gasteiger partial charge < -0.3 is 15.0 Å². The Kier molecular flexibility index (Phi) is 4.36. The number of aromatic nitrogens is 2. The number of rotatable bonds is 3. The van der Waals surface area contributed by atoms with Gasteiger partial charge in [0, 0.05) is 38.0 Å². The molecule has 0 amide bonds. The Morgan fingerprint density at radius 3 is 3.11 bits per heavy atom. The van der Waals surface area contributed by atoms with E-state index in [0.717, 1.165) is 44.2 Å². The molecule has 0 aliphatic carbocycles. The molecule has 1 aromatic rings. The molecular weight excluding hydrogens is 228 g/mol. The lowest BCUT2D eigenvalue weighted by atomic mass is 10.3. The van der Waals surface area contributed by atoms with Crippen LogP contribution >= 0.6 is 0 Å². The number of nitrogens with zero attached hydrogens (tertiary/aromatic N) is 3. The van der Waals surface area contributed by atoms with Gasteiger partial charge in [0.2, 0.25) is 5.95 Å². The smallest absolute Gasteiger partial charge is 0.224 e. The van der Waals surface area contributed by atoms with E-state index in [-0.39, 0.29) is 6.10 Å². The van der Waals surface area contributed by atoms with E-state index < -0.39 is 0 Å². The molecule has 1 fully saturated rings. The van der Waals surface area contributed by atoms with Crippen molar-refractivity contribution in [2.24, 2.45) is 0 Å². The summed E-state index contributed by atoms with van der Waals surface area (Å²) in [6, 6.07) is 2.04. The van der Waals surface area contributed by atoms with Crippen molar-refractivity contribution in [2.75, 3.05) is 36.5 Å². The highest BCUT2D eigenvalue weighted by molar-refractivity contribution is 5.45. The molecule has 1 aliphatic heterocycles. The third kappa shape index (κ3) is 3.32. The van der Waals surface area contributed by atoms with Gasteiger partial charge in [0.1, 0.15) is 5.82 Å². The predicted molar refractivity (Wildman–Crippen MR) is 73.2 cm³/mol. The van der Waals surface area contributed by atoms with Gasteiger partial charge in [0.25, 0.3) is 0 Å². The second-order valence-electron chi connectivity index (χ2n) is 4.70. The maximum Gasteiger partial charge on any atom is 0.224 e. The SMILES string of the molecule is CCNc1nc(C)cc(N2CCCOC(C)C2)n1. The highest BCUT2D eigenvalue weighted by atomic mass is 16.5. The topological polar surface area (TPSA) is 50.3 Å². The zero-order chi connectivity index (χ0) is 13.0. The molecule has 18 heavy (non-hydrogen) atoms. The quantitative estimate of drug-likeness (QED) is 0.887. The van der Waals surface area contributed by atoms with Crippen LogP contribution in [-0.2, 0) is 4.74 Å². The summed E-state index contributed by atoms with van der Waals surface area (Å²) in [4.78, 5) is 11.2. The molecule has 0 radical (unpaired) electrons. The lowest BCUT2D eigenvalue weighted by Crippen LogP contribution is -2.31. The van der Waals surface area contributed by atoms with Crippen LogP contribution in [0.2, 0.25) is 0 Å². The van der Waals surface area contributed by atoms with Crippen molar-refractivity contribution in [3.8, 4) is 0 Å². The fourth-order valence-electron chi connectivity index (χ4n) is 2.15. The van der Waals surface area contributed by atoms with E-state index in [4.69, 9.17) is 4.74 Å². The summed E-state index contributed by atoms with van der Waals surface area (Å²) >= 11 is 0. The Labute approximate surface area is 109 Å². The van der Waals surface area contributed by atoms with Crippen molar-refractivity contribution in [1.82, 2.24) is 9.97 Å². The standard InChI is InChI=1S/C13H22N4O/c1-4-14-13-15-10(2)8-12(16-13)17-6-5-7-18-11(3)9-17/h8,11H,4-7,9H2,1-3H3,(H,14,15,16). The summed E-state index contributed by atoms with van der Waals surface area (Å²) in [6.07, 6.45) is 1.30. The third-order valence-electron chi connectivity index (χ3n) is 2.95. The molecule has 100 valence electrons. The Balaban J connectivity index is 2.19. The van der Waals surface area contributed by atoms with Gasteiger partial charge in [-0.2, -0.15) is 4.98 Å². The zero-order valence-corrected chi connectivity index (χ0v) is 11.4. The highest BCUT2D eigenvalue weighted by Crippen LogP contribution is 2.18. The Bertz CT molecular complexity index is 397. The summed E-state index contributed by atoms with van der Waals surface area (Å²) in [5, 5.41) is 3.17. The van der Waals surface area contributed by atoms with Crippen molar-refractivity contribution in [3.63, 3.8) is 0 Å². The van der Waals surface area contributed by atoms with E-state index in [0.29, 0.717) is 5.95 Å². The van der Waals surface area contributed by atoms with Gasteiger partial charge in [-0.1, -0.05) is 0 Å². The van der Waals surface area contributed by atoms with Crippen LogP contribution in [0.4, 0.5) is 11.8 Å². The molecule has 1 N–H and O–H groups in total. The van der Waals surface area contributed by atoms with Gasteiger partial charge in [0.15, 0.2) is 0 Å². The van der Waals surface area contributed by atoms with Gasteiger partial charge in [-0.05, 0) is 27.2 Å². The van der Waals surface area contributed by atoms with Crippen LogP contribution in [0.25, 0.3) is 0 Å². The van der Waals surface area contributed by atoms with E-state index >= 15 is 0 Å². The summed E-state index contributed by atoms with van der Waals surface area (Å²) in [7, 11) is 0. The van der Waals surface area contributed by atoms with Crippen LogP contribution in [-0.4, -0.2) is 42.3 Å². The Morgan fingerprint density at radius 2 is 2.33 bits per heavy atom. The van der Waals surface area contributed by atoms with Gasteiger partial charge in [-0.25, -0.2) is 4.98 Å². The summed E-state index contributed by atoms with van der Waals surface area (Å²) in [5.74, 6) is 1.71. The maximum absolute atomic E-state index is 5.66. The van der Waals surface area contributed by atoms with E-state index in [1.807, 2.05) is 19.9 Å². The normalized spacial score (nSPS) is 20.6. The van der Waals surface area contributed by atoms with Crippen LogP contribution < -0.4 is 10.2 Å². The van der Waals surface area contributed by atoms with Crippen molar-refractivity contribution in [2.45, 2.75) is 33.3 Å². The lowest BCUT2D eigenvalue weighted by molar-refractivity contribution is 0.0820. The van der Waals surface area contributed by atoms with E-state index in [1.54, 1.807) is 0 Å². The second-order valence-corrected chi connectivity index (χ2v) is 4.70. The second kappa shape index (κ2) is 6.00. The van der Waals surface area contributed by atoms with Crippen molar-refractivity contribution in [1.29, 1.82) is 0 Å². The highest BCUT2D eigenvalue weighted by Gasteiger charge is 2.17. The molecule has 0 spiro atoms. The molecule has 0 saturated carbocycles. The molecule has 1 aliphatic rings. The number of nitrogens with one attached hydrogen (secondary N) is 1. The van der Waals surface area contributed by atoms with Crippen LogP contribution in [0.3, 0.4) is 0 Å². The molecule has 1 aromatic heterocycles. The van der Waals surface area contributed by atoms with Gasteiger partial charge in [-0.15, -0.1) is 0 Å². The Hall–Kier alpha value is -1.36.